The molecule has 18 heavy (non-hydrogen) atoms. The molecule has 1 amide bonds. The number of rotatable bonds is 5. The van der Waals surface area contributed by atoms with Gasteiger partial charge >= 0.3 is 0 Å². The highest BCUT2D eigenvalue weighted by molar-refractivity contribution is 5.94. The zero-order valence-electron chi connectivity index (χ0n) is 11.3. The summed E-state index contributed by atoms with van der Waals surface area (Å²) in [6, 6.07) is 7.56. The topological polar surface area (TPSA) is 55.1 Å². The van der Waals surface area contributed by atoms with E-state index < -0.39 is 0 Å². The first kappa shape index (κ1) is 16.9. The predicted octanol–water partition coefficient (Wildman–Crippen LogP) is 2.66. The molecule has 0 bridgehead atoms. The van der Waals surface area contributed by atoms with Crippen molar-refractivity contribution < 1.29 is 4.79 Å². The maximum absolute atomic E-state index is 11.9. The molecule has 3 nitrogen and oxygen atoms in total. The second-order valence-corrected chi connectivity index (χ2v) is 4.62. The third kappa shape index (κ3) is 4.67. The summed E-state index contributed by atoms with van der Waals surface area (Å²) in [6.07, 6.45) is 1.72. The van der Waals surface area contributed by atoms with Crippen LogP contribution in [0.15, 0.2) is 24.3 Å². The van der Waals surface area contributed by atoms with Gasteiger partial charge in [0.2, 0.25) is 0 Å². The summed E-state index contributed by atoms with van der Waals surface area (Å²) in [5.74, 6) is -0.0505. The Morgan fingerprint density at radius 1 is 1.33 bits per heavy atom. The third-order valence-corrected chi connectivity index (χ3v) is 3.29. The average molecular weight is 271 g/mol. The van der Waals surface area contributed by atoms with Gasteiger partial charge in [0.05, 0.1) is 0 Å². The van der Waals surface area contributed by atoms with Crippen LogP contribution in [0.5, 0.6) is 0 Å². The number of nitrogens with two attached hydrogens (primary N) is 1. The van der Waals surface area contributed by atoms with Crippen LogP contribution in [-0.4, -0.2) is 18.0 Å². The summed E-state index contributed by atoms with van der Waals surface area (Å²) in [4.78, 5) is 11.9. The maximum Gasteiger partial charge on any atom is 0.251 e. The number of aryl methyl sites for hydroxylation is 1. The van der Waals surface area contributed by atoms with Gasteiger partial charge in [0.1, 0.15) is 0 Å². The third-order valence-electron chi connectivity index (χ3n) is 3.29. The number of carbonyl (C=O) groups is 1. The first-order valence-corrected chi connectivity index (χ1v) is 6.14. The second kappa shape index (κ2) is 7.39. The quantitative estimate of drug-likeness (QED) is 0.864. The summed E-state index contributed by atoms with van der Waals surface area (Å²) in [5.41, 5.74) is 7.63. The van der Waals surface area contributed by atoms with Crippen molar-refractivity contribution in [1.29, 1.82) is 0 Å². The Hall–Kier alpha value is -1.06. The van der Waals surface area contributed by atoms with Crippen LogP contribution in [0.1, 0.15) is 42.6 Å². The van der Waals surface area contributed by atoms with Crippen LogP contribution in [0.2, 0.25) is 0 Å². The Morgan fingerprint density at radius 3 is 2.44 bits per heavy atom. The normalized spacial score (nSPS) is 10.7. The lowest BCUT2D eigenvalue weighted by Crippen LogP contribution is -2.49. The van der Waals surface area contributed by atoms with Gasteiger partial charge in [-0.25, -0.2) is 0 Å². The standard InChI is InChI=1S/C14H22N2O.ClH/c1-4-14(15,5-2)10-16-13(17)12-8-6-7-11(3)9-12;/h6-9H,4-5,10,15H2,1-3H3,(H,16,17);1H. The molecule has 4 heteroatoms. The Morgan fingerprint density at radius 2 is 1.94 bits per heavy atom. The van der Waals surface area contributed by atoms with E-state index >= 15 is 0 Å². The van der Waals surface area contributed by atoms with Gasteiger partial charge in [0.25, 0.3) is 5.91 Å². The predicted molar refractivity (Wildman–Crippen MR) is 78.3 cm³/mol. The van der Waals surface area contributed by atoms with Gasteiger partial charge in [-0.3, -0.25) is 4.79 Å². The minimum atomic E-state index is -0.292. The van der Waals surface area contributed by atoms with Gasteiger partial charge in [-0.2, -0.15) is 0 Å². The highest BCUT2D eigenvalue weighted by Crippen LogP contribution is 2.10. The second-order valence-electron chi connectivity index (χ2n) is 4.62. The fourth-order valence-electron chi connectivity index (χ4n) is 1.64. The summed E-state index contributed by atoms with van der Waals surface area (Å²) >= 11 is 0. The lowest BCUT2D eigenvalue weighted by atomic mass is 9.94. The van der Waals surface area contributed by atoms with Gasteiger partial charge in [0, 0.05) is 17.6 Å². The molecule has 0 radical (unpaired) electrons. The molecule has 0 aromatic heterocycles. The number of hydrogen-bond acceptors (Lipinski definition) is 2. The Balaban J connectivity index is 0.00000289. The van der Waals surface area contributed by atoms with Crippen LogP contribution >= 0.6 is 12.4 Å². The van der Waals surface area contributed by atoms with Crippen LogP contribution in [0.4, 0.5) is 0 Å². The lowest BCUT2D eigenvalue weighted by molar-refractivity contribution is 0.0942. The Labute approximate surface area is 116 Å². The van der Waals surface area contributed by atoms with Crippen LogP contribution in [0, 0.1) is 6.92 Å². The monoisotopic (exact) mass is 270 g/mol. The molecule has 0 spiro atoms. The van der Waals surface area contributed by atoms with E-state index in [0.29, 0.717) is 12.1 Å². The first-order chi connectivity index (χ1) is 8.00. The molecule has 1 aromatic rings. The number of carbonyl (C=O) groups excluding carboxylic acids is 1. The fraction of sp³-hybridized carbons (Fsp3) is 0.500. The van der Waals surface area contributed by atoms with Crippen molar-refractivity contribution in [3.8, 4) is 0 Å². The SMILES string of the molecule is CCC(N)(CC)CNC(=O)c1cccc(C)c1.Cl. The first-order valence-electron chi connectivity index (χ1n) is 6.14. The molecule has 1 aromatic carbocycles. The molecular weight excluding hydrogens is 248 g/mol. The Bertz CT molecular complexity index is 389. The highest BCUT2D eigenvalue weighted by atomic mass is 35.5. The van der Waals surface area contributed by atoms with E-state index in [-0.39, 0.29) is 23.9 Å². The van der Waals surface area contributed by atoms with E-state index in [4.69, 9.17) is 5.73 Å². The van der Waals surface area contributed by atoms with Gasteiger partial charge in [0.15, 0.2) is 0 Å². The van der Waals surface area contributed by atoms with Crippen molar-refractivity contribution >= 4 is 18.3 Å². The van der Waals surface area contributed by atoms with Crippen molar-refractivity contribution in [1.82, 2.24) is 5.32 Å². The molecule has 0 heterocycles. The largest absolute Gasteiger partial charge is 0.350 e. The number of amides is 1. The van der Waals surface area contributed by atoms with Crippen molar-refractivity contribution in [2.24, 2.45) is 5.73 Å². The van der Waals surface area contributed by atoms with Gasteiger partial charge < -0.3 is 11.1 Å². The zero-order valence-corrected chi connectivity index (χ0v) is 12.1. The summed E-state index contributed by atoms with van der Waals surface area (Å²) in [5, 5.41) is 2.90. The van der Waals surface area contributed by atoms with Crippen molar-refractivity contribution in [2.75, 3.05) is 6.54 Å². The van der Waals surface area contributed by atoms with Crippen molar-refractivity contribution in [3.05, 3.63) is 35.4 Å². The zero-order chi connectivity index (χ0) is 12.9. The average Bonchev–Trinajstić information content (AvgIpc) is 2.35. The number of hydrogen-bond donors (Lipinski definition) is 2. The molecule has 0 aliphatic rings. The molecule has 1 rings (SSSR count). The summed E-state index contributed by atoms with van der Waals surface area (Å²) in [6.45, 7) is 6.58. The minimum absolute atomic E-state index is 0. The molecule has 0 fully saturated rings. The van der Waals surface area contributed by atoms with Crippen LogP contribution in [0.25, 0.3) is 0 Å². The van der Waals surface area contributed by atoms with E-state index in [1.54, 1.807) is 0 Å². The molecule has 0 aliphatic carbocycles. The van der Waals surface area contributed by atoms with E-state index in [0.717, 1.165) is 18.4 Å². The summed E-state index contributed by atoms with van der Waals surface area (Å²) in [7, 11) is 0. The molecule has 0 saturated carbocycles. The van der Waals surface area contributed by atoms with Crippen LogP contribution in [0.3, 0.4) is 0 Å². The van der Waals surface area contributed by atoms with Crippen LogP contribution in [-0.2, 0) is 0 Å². The van der Waals surface area contributed by atoms with E-state index in [9.17, 15) is 4.79 Å². The molecule has 0 unspecified atom stereocenters. The van der Waals surface area contributed by atoms with Crippen LogP contribution < -0.4 is 11.1 Å². The lowest BCUT2D eigenvalue weighted by Gasteiger charge is -2.26. The van der Waals surface area contributed by atoms with Crippen molar-refractivity contribution in [2.45, 2.75) is 39.2 Å². The minimum Gasteiger partial charge on any atom is -0.350 e. The van der Waals surface area contributed by atoms with Gasteiger partial charge in [-0.15, -0.1) is 12.4 Å². The fourth-order valence-corrected chi connectivity index (χ4v) is 1.64. The summed E-state index contributed by atoms with van der Waals surface area (Å²) < 4.78 is 0. The number of nitrogens with one attached hydrogen (secondary N) is 1. The Kier molecular flexibility index (Phi) is 6.96. The molecule has 102 valence electrons. The van der Waals surface area contributed by atoms with E-state index in [2.05, 4.69) is 5.32 Å². The molecule has 0 atom stereocenters. The van der Waals surface area contributed by atoms with Gasteiger partial charge in [-0.05, 0) is 31.9 Å². The smallest absolute Gasteiger partial charge is 0.251 e. The molecule has 3 N–H and O–H groups in total. The maximum atomic E-state index is 11.9. The van der Waals surface area contributed by atoms with E-state index in [1.165, 1.54) is 0 Å². The number of benzene rings is 1. The van der Waals surface area contributed by atoms with E-state index in [1.807, 2.05) is 45.0 Å². The van der Waals surface area contributed by atoms with Crippen molar-refractivity contribution in [3.63, 3.8) is 0 Å². The van der Waals surface area contributed by atoms with Gasteiger partial charge in [-0.1, -0.05) is 31.5 Å². The molecule has 0 saturated heterocycles. The highest BCUT2D eigenvalue weighted by Gasteiger charge is 2.21. The number of halogens is 1. The molecular formula is C14H23ClN2O. The molecule has 0 aliphatic heterocycles.